The van der Waals surface area contributed by atoms with Crippen molar-refractivity contribution < 1.29 is 4.74 Å². The van der Waals surface area contributed by atoms with Crippen LogP contribution in [0.2, 0.25) is 5.02 Å². The first-order valence-electron chi connectivity index (χ1n) is 6.77. The predicted molar refractivity (Wildman–Crippen MR) is 88.9 cm³/mol. The second-order valence-corrected chi connectivity index (χ2v) is 6.11. The number of ether oxygens (including phenoxy) is 1. The van der Waals surface area contributed by atoms with E-state index < -0.39 is 0 Å². The molecule has 0 saturated heterocycles. The van der Waals surface area contributed by atoms with E-state index in [-0.39, 0.29) is 6.04 Å². The number of hydrogen-bond acceptors (Lipinski definition) is 3. The van der Waals surface area contributed by atoms with Crippen LogP contribution in [0.25, 0.3) is 0 Å². The Morgan fingerprint density at radius 3 is 2.76 bits per heavy atom. The number of nitrogens with two attached hydrogens (primary N) is 1. The van der Waals surface area contributed by atoms with Crippen molar-refractivity contribution in [1.29, 1.82) is 0 Å². The first-order chi connectivity index (χ1) is 9.97. The Kier molecular flexibility index (Phi) is 5.30. The zero-order valence-corrected chi connectivity index (χ0v) is 14.7. The summed E-state index contributed by atoms with van der Waals surface area (Å²) in [5, 5.41) is 5.13. The first kappa shape index (κ1) is 16.3. The van der Waals surface area contributed by atoms with Gasteiger partial charge in [0.1, 0.15) is 5.75 Å². The van der Waals surface area contributed by atoms with E-state index in [1.54, 1.807) is 13.2 Å². The highest BCUT2D eigenvalue weighted by molar-refractivity contribution is 9.10. The molecule has 0 aliphatic rings. The van der Waals surface area contributed by atoms with Crippen LogP contribution in [0, 0.1) is 0 Å². The summed E-state index contributed by atoms with van der Waals surface area (Å²) >= 11 is 9.61. The molecule has 4 nitrogen and oxygen atoms in total. The number of aromatic nitrogens is 2. The monoisotopic (exact) mass is 371 g/mol. The lowest BCUT2D eigenvalue weighted by Crippen LogP contribution is -2.16. The molecule has 0 spiro atoms. The lowest BCUT2D eigenvalue weighted by atomic mass is 10.0. The summed E-state index contributed by atoms with van der Waals surface area (Å²) in [5.74, 6) is 0.712. The van der Waals surface area contributed by atoms with Crippen LogP contribution in [0.5, 0.6) is 5.75 Å². The molecule has 0 fully saturated rings. The minimum Gasteiger partial charge on any atom is -0.496 e. The number of halogens is 2. The zero-order valence-electron chi connectivity index (χ0n) is 12.4. The van der Waals surface area contributed by atoms with Gasteiger partial charge in [-0.2, -0.15) is 5.10 Å². The van der Waals surface area contributed by atoms with Crippen molar-refractivity contribution in [1.82, 2.24) is 9.78 Å². The highest BCUT2D eigenvalue weighted by Crippen LogP contribution is 2.31. The molecule has 114 valence electrons. The van der Waals surface area contributed by atoms with E-state index in [1.165, 1.54) is 0 Å². The van der Waals surface area contributed by atoms with Crippen molar-refractivity contribution in [2.24, 2.45) is 12.8 Å². The SMILES string of the molecule is CCc1nn(C)c(CC(N)c2ccc(Cl)cc2OC)c1Br. The van der Waals surface area contributed by atoms with Gasteiger partial charge >= 0.3 is 0 Å². The smallest absolute Gasteiger partial charge is 0.125 e. The van der Waals surface area contributed by atoms with E-state index in [1.807, 2.05) is 23.9 Å². The summed E-state index contributed by atoms with van der Waals surface area (Å²) in [6.45, 7) is 2.08. The highest BCUT2D eigenvalue weighted by Gasteiger charge is 2.19. The summed E-state index contributed by atoms with van der Waals surface area (Å²) in [4.78, 5) is 0. The minimum atomic E-state index is -0.186. The van der Waals surface area contributed by atoms with Gasteiger partial charge in [-0.1, -0.05) is 24.6 Å². The Hall–Kier alpha value is -1.04. The molecule has 2 aromatic rings. The number of hydrogen-bond donors (Lipinski definition) is 1. The molecular weight excluding hydrogens is 354 g/mol. The van der Waals surface area contributed by atoms with Crippen molar-refractivity contribution in [2.45, 2.75) is 25.8 Å². The van der Waals surface area contributed by atoms with Crippen LogP contribution < -0.4 is 10.5 Å². The van der Waals surface area contributed by atoms with E-state index in [0.717, 1.165) is 27.8 Å². The quantitative estimate of drug-likeness (QED) is 0.871. The van der Waals surface area contributed by atoms with Crippen LogP contribution in [-0.4, -0.2) is 16.9 Å². The van der Waals surface area contributed by atoms with Gasteiger partial charge in [0.15, 0.2) is 0 Å². The van der Waals surface area contributed by atoms with Gasteiger partial charge in [0.05, 0.1) is 23.0 Å². The maximum atomic E-state index is 6.36. The number of nitrogens with zero attached hydrogens (tertiary/aromatic N) is 2. The molecule has 1 heterocycles. The molecule has 2 rings (SSSR count). The van der Waals surface area contributed by atoms with Gasteiger partial charge in [0.2, 0.25) is 0 Å². The maximum Gasteiger partial charge on any atom is 0.125 e. The molecule has 21 heavy (non-hydrogen) atoms. The van der Waals surface area contributed by atoms with Crippen molar-refractivity contribution in [2.75, 3.05) is 7.11 Å². The molecule has 0 amide bonds. The second kappa shape index (κ2) is 6.81. The van der Waals surface area contributed by atoms with Gasteiger partial charge < -0.3 is 10.5 Å². The van der Waals surface area contributed by atoms with Crippen molar-refractivity contribution in [3.63, 3.8) is 0 Å². The molecule has 1 atom stereocenters. The Bertz CT molecular complexity index is 642. The third-order valence-electron chi connectivity index (χ3n) is 3.51. The van der Waals surface area contributed by atoms with Gasteiger partial charge in [0.25, 0.3) is 0 Å². The summed E-state index contributed by atoms with van der Waals surface area (Å²) in [5.41, 5.74) is 9.42. The minimum absolute atomic E-state index is 0.186. The molecule has 2 N–H and O–H groups in total. The fourth-order valence-corrected chi connectivity index (χ4v) is 3.29. The van der Waals surface area contributed by atoms with Gasteiger partial charge in [-0.25, -0.2) is 0 Å². The first-order valence-corrected chi connectivity index (χ1v) is 7.94. The fraction of sp³-hybridized carbons (Fsp3) is 0.400. The second-order valence-electron chi connectivity index (χ2n) is 4.88. The van der Waals surface area contributed by atoms with Crippen molar-refractivity contribution in [3.8, 4) is 5.75 Å². The summed E-state index contributed by atoms with van der Waals surface area (Å²) < 4.78 is 8.29. The predicted octanol–water partition coefficient (Wildman–Crippen LogP) is 3.65. The number of methoxy groups -OCH3 is 1. The standard InChI is InChI=1S/C15H19BrClN3O/c1-4-12-15(16)13(20(2)19-12)8-11(18)10-6-5-9(17)7-14(10)21-3/h5-7,11H,4,8,18H2,1-3H3. The van der Waals surface area contributed by atoms with Crippen molar-refractivity contribution in [3.05, 3.63) is 44.6 Å². The molecule has 0 aliphatic carbocycles. The number of rotatable bonds is 5. The molecular formula is C15H19BrClN3O. The molecule has 0 bridgehead atoms. The Morgan fingerprint density at radius 1 is 1.48 bits per heavy atom. The van der Waals surface area contributed by atoms with E-state index in [4.69, 9.17) is 22.1 Å². The van der Waals surface area contributed by atoms with E-state index in [9.17, 15) is 0 Å². The van der Waals surface area contributed by atoms with Gasteiger partial charge in [-0.3, -0.25) is 4.68 Å². The summed E-state index contributed by atoms with van der Waals surface area (Å²) in [6, 6.07) is 5.34. The zero-order chi connectivity index (χ0) is 15.6. The van der Waals surface area contributed by atoms with Gasteiger partial charge in [0, 0.05) is 30.1 Å². The topological polar surface area (TPSA) is 53.1 Å². The number of benzene rings is 1. The van der Waals surface area contributed by atoms with Crippen molar-refractivity contribution >= 4 is 27.5 Å². The molecule has 1 aromatic heterocycles. The lowest BCUT2D eigenvalue weighted by molar-refractivity contribution is 0.405. The van der Waals surface area contributed by atoms with Crippen LogP contribution >= 0.6 is 27.5 Å². The third-order valence-corrected chi connectivity index (χ3v) is 4.66. The summed E-state index contributed by atoms with van der Waals surface area (Å²) in [6.07, 6.45) is 1.55. The molecule has 0 aliphatic heterocycles. The molecule has 0 saturated carbocycles. The Labute approximate surface area is 138 Å². The average molecular weight is 373 g/mol. The Morgan fingerprint density at radius 2 is 2.19 bits per heavy atom. The van der Waals surface area contributed by atoms with Crippen LogP contribution in [0.1, 0.15) is 29.9 Å². The Balaban J connectivity index is 2.30. The fourth-order valence-electron chi connectivity index (χ4n) is 2.35. The van der Waals surface area contributed by atoms with Gasteiger partial charge in [-0.15, -0.1) is 0 Å². The van der Waals surface area contributed by atoms with Crippen LogP contribution in [-0.2, 0) is 19.9 Å². The molecule has 0 radical (unpaired) electrons. The largest absolute Gasteiger partial charge is 0.496 e. The molecule has 1 unspecified atom stereocenters. The van der Waals surface area contributed by atoms with E-state index in [0.29, 0.717) is 17.2 Å². The van der Waals surface area contributed by atoms with E-state index in [2.05, 4.69) is 28.0 Å². The van der Waals surface area contributed by atoms with E-state index >= 15 is 0 Å². The lowest BCUT2D eigenvalue weighted by Gasteiger charge is -2.16. The highest BCUT2D eigenvalue weighted by atomic mass is 79.9. The molecule has 1 aromatic carbocycles. The average Bonchev–Trinajstić information content (AvgIpc) is 2.74. The van der Waals surface area contributed by atoms with Crippen LogP contribution in [0.3, 0.4) is 0 Å². The third kappa shape index (κ3) is 3.42. The van der Waals surface area contributed by atoms with Crippen LogP contribution in [0.4, 0.5) is 0 Å². The maximum absolute atomic E-state index is 6.36. The van der Waals surface area contributed by atoms with Crippen LogP contribution in [0.15, 0.2) is 22.7 Å². The normalized spacial score (nSPS) is 12.5. The molecule has 6 heteroatoms. The number of aryl methyl sites for hydroxylation is 2. The van der Waals surface area contributed by atoms with Gasteiger partial charge in [-0.05, 0) is 34.5 Å². The summed E-state index contributed by atoms with van der Waals surface area (Å²) in [7, 11) is 3.56.